The molecule has 0 spiro atoms. The van der Waals surface area contributed by atoms with Crippen LogP contribution in [0.1, 0.15) is 6.92 Å². The average Bonchev–Trinajstić information content (AvgIpc) is 2.33. The number of aromatic nitrogens is 3. The monoisotopic (exact) mass is 232 g/mol. The standard InChI is InChI=1S/C12H16N4O/c1-9(7-13-2)8-16-12(17)10-5-3-4-6-11(10)14-15-16/h3-6,9,13H,7-8H2,1-2H3. The van der Waals surface area contributed by atoms with Crippen LogP contribution in [0.2, 0.25) is 0 Å². The average molecular weight is 232 g/mol. The van der Waals surface area contributed by atoms with Crippen LogP contribution in [-0.4, -0.2) is 28.6 Å². The zero-order valence-electron chi connectivity index (χ0n) is 10.1. The first kappa shape index (κ1) is 11.7. The van der Waals surface area contributed by atoms with E-state index in [4.69, 9.17) is 0 Å². The molecule has 90 valence electrons. The molecule has 1 unspecified atom stereocenters. The number of hydrogen-bond acceptors (Lipinski definition) is 4. The van der Waals surface area contributed by atoms with Crippen molar-refractivity contribution in [3.05, 3.63) is 34.6 Å². The smallest absolute Gasteiger partial charge is 0.277 e. The van der Waals surface area contributed by atoms with E-state index in [1.54, 1.807) is 12.1 Å². The highest BCUT2D eigenvalue weighted by Gasteiger charge is 2.08. The maximum absolute atomic E-state index is 12.1. The lowest BCUT2D eigenvalue weighted by Crippen LogP contribution is -2.30. The molecule has 5 heteroatoms. The largest absolute Gasteiger partial charge is 0.319 e. The highest BCUT2D eigenvalue weighted by molar-refractivity contribution is 5.76. The van der Waals surface area contributed by atoms with E-state index < -0.39 is 0 Å². The van der Waals surface area contributed by atoms with Crippen molar-refractivity contribution in [1.29, 1.82) is 0 Å². The first-order valence-corrected chi connectivity index (χ1v) is 5.69. The van der Waals surface area contributed by atoms with E-state index in [0.29, 0.717) is 23.4 Å². The third-order valence-electron chi connectivity index (χ3n) is 2.67. The fourth-order valence-electron chi connectivity index (χ4n) is 1.85. The number of nitrogens with one attached hydrogen (secondary N) is 1. The number of benzene rings is 1. The Kier molecular flexibility index (Phi) is 3.49. The van der Waals surface area contributed by atoms with Crippen LogP contribution in [0, 0.1) is 5.92 Å². The van der Waals surface area contributed by atoms with E-state index in [-0.39, 0.29) is 5.56 Å². The van der Waals surface area contributed by atoms with Gasteiger partial charge in [0.15, 0.2) is 0 Å². The molecule has 1 atom stereocenters. The van der Waals surface area contributed by atoms with Crippen molar-refractivity contribution in [2.75, 3.05) is 13.6 Å². The van der Waals surface area contributed by atoms with Gasteiger partial charge in [0.25, 0.3) is 5.56 Å². The second-order valence-corrected chi connectivity index (χ2v) is 4.26. The van der Waals surface area contributed by atoms with Crippen molar-refractivity contribution in [3.63, 3.8) is 0 Å². The van der Waals surface area contributed by atoms with Gasteiger partial charge in [0.1, 0.15) is 5.52 Å². The first-order chi connectivity index (χ1) is 8.22. The molecule has 0 aliphatic rings. The minimum Gasteiger partial charge on any atom is -0.319 e. The van der Waals surface area contributed by atoms with Gasteiger partial charge in [-0.2, -0.15) is 0 Å². The summed E-state index contributed by atoms with van der Waals surface area (Å²) in [7, 11) is 1.89. The number of hydrogen-bond donors (Lipinski definition) is 1. The minimum absolute atomic E-state index is 0.0708. The van der Waals surface area contributed by atoms with Crippen LogP contribution in [0.5, 0.6) is 0 Å². The first-order valence-electron chi connectivity index (χ1n) is 5.69. The lowest BCUT2D eigenvalue weighted by atomic mass is 10.2. The fraction of sp³-hybridized carbons (Fsp3) is 0.417. The Balaban J connectivity index is 2.36. The Hall–Kier alpha value is -1.75. The summed E-state index contributed by atoms with van der Waals surface area (Å²) in [5, 5.41) is 11.7. The van der Waals surface area contributed by atoms with Crippen molar-refractivity contribution < 1.29 is 0 Å². The molecule has 1 aromatic carbocycles. The molecule has 0 bridgehead atoms. The van der Waals surface area contributed by atoms with E-state index in [1.165, 1.54) is 4.68 Å². The second-order valence-electron chi connectivity index (χ2n) is 4.26. The maximum Gasteiger partial charge on any atom is 0.277 e. The third kappa shape index (κ3) is 2.50. The highest BCUT2D eigenvalue weighted by Crippen LogP contribution is 2.04. The van der Waals surface area contributed by atoms with Gasteiger partial charge in [0, 0.05) is 0 Å². The van der Waals surface area contributed by atoms with Gasteiger partial charge in [-0.05, 0) is 31.6 Å². The van der Waals surface area contributed by atoms with Crippen molar-refractivity contribution >= 4 is 10.9 Å². The summed E-state index contributed by atoms with van der Waals surface area (Å²) in [6.45, 7) is 3.50. The summed E-state index contributed by atoms with van der Waals surface area (Å²) in [5.74, 6) is 0.341. The van der Waals surface area contributed by atoms with Crippen LogP contribution >= 0.6 is 0 Å². The van der Waals surface area contributed by atoms with Crippen LogP contribution in [0.15, 0.2) is 29.1 Å². The van der Waals surface area contributed by atoms with Crippen LogP contribution < -0.4 is 10.9 Å². The molecule has 1 N–H and O–H groups in total. The summed E-state index contributed by atoms with van der Waals surface area (Å²) < 4.78 is 1.43. The van der Waals surface area contributed by atoms with E-state index in [9.17, 15) is 4.79 Å². The molecule has 0 aliphatic heterocycles. The predicted molar refractivity (Wildman–Crippen MR) is 66.9 cm³/mol. The van der Waals surface area contributed by atoms with Gasteiger partial charge in [-0.3, -0.25) is 4.79 Å². The molecule has 0 amide bonds. The van der Waals surface area contributed by atoms with Crippen molar-refractivity contribution in [2.24, 2.45) is 5.92 Å². The maximum atomic E-state index is 12.1. The van der Waals surface area contributed by atoms with Crippen LogP contribution in [0.4, 0.5) is 0 Å². The van der Waals surface area contributed by atoms with E-state index in [0.717, 1.165) is 6.54 Å². The van der Waals surface area contributed by atoms with E-state index in [2.05, 4.69) is 22.6 Å². The topological polar surface area (TPSA) is 59.8 Å². The Morgan fingerprint density at radius 1 is 1.41 bits per heavy atom. The molecular weight excluding hydrogens is 216 g/mol. The van der Waals surface area contributed by atoms with Gasteiger partial charge in [0.2, 0.25) is 0 Å². The molecule has 0 saturated heterocycles. The molecule has 17 heavy (non-hydrogen) atoms. The van der Waals surface area contributed by atoms with Gasteiger partial charge in [-0.25, -0.2) is 4.68 Å². The van der Waals surface area contributed by atoms with Crippen molar-refractivity contribution in [3.8, 4) is 0 Å². The Labute approximate surface area is 99.5 Å². The molecule has 0 aliphatic carbocycles. The fourth-order valence-corrected chi connectivity index (χ4v) is 1.85. The Morgan fingerprint density at radius 2 is 2.18 bits per heavy atom. The van der Waals surface area contributed by atoms with Crippen LogP contribution in [0.3, 0.4) is 0 Å². The number of nitrogens with zero attached hydrogens (tertiary/aromatic N) is 3. The molecular formula is C12H16N4O. The lowest BCUT2D eigenvalue weighted by Gasteiger charge is -2.11. The minimum atomic E-state index is -0.0708. The number of fused-ring (bicyclic) bond motifs is 1. The van der Waals surface area contributed by atoms with Gasteiger partial charge in [-0.15, -0.1) is 5.10 Å². The summed E-state index contributed by atoms with van der Waals surface area (Å²) in [5.41, 5.74) is 0.577. The van der Waals surface area contributed by atoms with Gasteiger partial charge in [-0.1, -0.05) is 24.3 Å². The third-order valence-corrected chi connectivity index (χ3v) is 2.67. The summed E-state index contributed by atoms with van der Waals surface area (Å²) in [4.78, 5) is 12.1. The Morgan fingerprint density at radius 3 is 2.94 bits per heavy atom. The summed E-state index contributed by atoms with van der Waals surface area (Å²) >= 11 is 0. The van der Waals surface area contributed by atoms with E-state index >= 15 is 0 Å². The lowest BCUT2D eigenvalue weighted by molar-refractivity contribution is 0.412. The molecule has 1 aromatic heterocycles. The van der Waals surface area contributed by atoms with Crippen LogP contribution in [0.25, 0.3) is 10.9 Å². The van der Waals surface area contributed by atoms with Crippen molar-refractivity contribution in [2.45, 2.75) is 13.5 Å². The predicted octanol–water partition coefficient (Wildman–Crippen LogP) is 0.647. The summed E-state index contributed by atoms with van der Waals surface area (Å²) in [6.07, 6.45) is 0. The zero-order chi connectivity index (χ0) is 12.3. The number of rotatable bonds is 4. The van der Waals surface area contributed by atoms with Crippen molar-refractivity contribution in [1.82, 2.24) is 20.3 Å². The van der Waals surface area contributed by atoms with E-state index in [1.807, 2.05) is 19.2 Å². The molecule has 0 radical (unpaired) electrons. The molecule has 0 fully saturated rings. The highest BCUT2D eigenvalue weighted by atomic mass is 16.1. The van der Waals surface area contributed by atoms with Crippen LogP contribution in [-0.2, 0) is 6.54 Å². The summed E-state index contributed by atoms with van der Waals surface area (Å²) in [6, 6.07) is 7.27. The molecule has 2 aromatic rings. The quantitative estimate of drug-likeness (QED) is 0.840. The second kappa shape index (κ2) is 5.05. The molecule has 1 heterocycles. The Bertz CT molecular complexity index is 564. The molecule has 2 rings (SSSR count). The van der Waals surface area contributed by atoms with Gasteiger partial charge < -0.3 is 5.32 Å². The zero-order valence-corrected chi connectivity index (χ0v) is 10.1. The molecule has 0 saturated carbocycles. The normalized spacial score (nSPS) is 12.8. The molecule has 5 nitrogen and oxygen atoms in total. The van der Waals surface area contributed by atoms with Gasteiger partial charge in [0.05, 0.1) is 11.9 Å². The van der Waals surface area contributed by atoms with Gasteiger partial charge >= 0.3 is 0 Å². The SMILES string of the molecule is CNCC(C)Cn1nnc2ccccc2c1=O.